The molecule has 0 aliphatic rings. The van der Waals surface area contributed by atoms with Crippen LogP contribution in [0.3, 0.4) is 0 Å². The molecule has 0 amide bonds. The Balaban J connectivity index is 3.11. The van der Waals surface area contributed by atoms with Crippen molar-refractivity contribution < 1.29 is 18.3 Å². The molecule has 94 valence electrons. The van der Waals surface area contributed by atoms with Crippen LogP contribution in [0.4, 0.5) is 0 Å². The second kappa shape index (κ2) is 5.44. The molecule has 0 radical (unpaired) electrons. The van der Waals surface area contributed by atoms with Crippen molar-refractivity contribution in [1.82, 2.24) is 4.31 Å². The highest BCUT2D eigenvalue weighted by molar-refractivity contribution is 7.89. The SMILES string of the molecule is C=CCN(CC)S(=O)(=O)c1csc(C(=O)O)c1. The van der Waals surface area contributed by atoms with Gasteiger partial charge in [0.2, 0.25) is 10.0 Å². The zero-order valence-corrected chi connectivity index (χ0v) is 10.9. The fourth-order valence-electron chi connectivity index (χ4n) is 1.26. The van der Waals surface area contributed by atoms with Crippen molar-refractivity contribution in [2.24, 2.45) is 0 Å². The first-order valence-electron chi connectivity index (χ1n) is 4.86. The highest BCUT2D eigenvalue weighted by Gasteiger charge is 2.24. The van der Waals surface area contributed by atoms with Gasteiger partial charge in [-0.3, -0.25) is 0 Å². The summed E-state index contributed by atoms with van der Waals surface area (Å²) < 4.78 is 25.4. The molecule has 0 fully saturated rings. The number of hydrogen-bond donors (Lipinski definition) is 1. The minimum Gasteiger partial charge on any atom is -0.477 e. The van der Waals surface area contributed by atoms with Gasteiger partial charge in [-0.15, -0.1) is 17.9 Å². The highest BCUT2D eigenvalue weighted by atomic mass is 32.2. The van der Waals surface area contributed by atoms with Crippen LogP contribution in [0.2, 0.25) is 0 Å². The molecular weight excluding hydrogens is 262 g/mol. The predicted octanol–water partition coefficient (Wildman–Crippen LogP) is 1.64. The lowest BCUT2D eigenvalue weighted by atomic mass is 10.5. The van der Waals surface area contributed by atoms with Crippen LogP contribution in [0, 0.1) is 0 Å². The molecule has 0 aromatic carbocycles. The fourth-order valence-corrected chi connectivity index (χ4v) is 3.78. The molecule has 1 rings (SSSR count). The molecule has 7 heteroatoms. The van der Waals surface area contributed by atoms with Gasteiger partial charge in [0.1, 0.15) is 4.88 Å². The van der Waals surface area contributed by atoms with Crippen LogP contribution in [-0.4, -0.2) is 36.9 Å². The lowest BCUT2D eigenvalue weighted by Gasteiger charge is -2.17. The summed E-state index contributed by atoms with van der Waals surface area (Å²) in [6.45, 7) is 5.72. The Hall–Kier alpha value is -1.18. The number of rotatable bonds is 6. The van der Waals surface area contributed by atoms with Crippen molar-refractivity contribution in [1.29, 1.82) is 0 Å². The van der Waals surface area contributed by atoms with Gasteiger partial charge in [0, 0.05) is 18.5 Å². The van der Waals surface area contributed by atoms with Gasteiger partial charge in [-0.25, -0.2) is 13.2 Å². The molecule has 5 nitrogen and oxygen atoms in total. The first-order valence-corrected chi connectivity index (χ1v) is 7.18. The molecule has 0 saturated carbocycles. The summed E-state index contributed by atoms with van der Waals surface area (Å²) in [5.74, 6) is -1.12. The number of aromatic carboxylic acids is 1. The second-order valence-corrected chi connectivity index (χ2v) is 6.05. The van der Waals surface area contributed by atoms with E-state index in [1.165, 1.54) is 21.8 Å². The molecule has 0 aliphatic carbocycles. The van der Waals surface area contributed by atoms with Crippen molar-refractivity contribution >= 4 is 27.3 Å². The second-order valence-electron chi connectivity index (χ2n) is 3.20. The van der Waals surface area contributed by atoms with E-state index < -0.39 is 16.0 Å². The number of carboxylic acids is 1. The Bertz CT molecular complexity index is 518. The van der Waals surface area contributed by atoms with E-state index in [-0.39, 0.29) is 16.3 Å². The van der Waals surface area contributed by atoms with E-state index in [2.05, 4.69) is 6.58 Å². The third-order valence-corrected chi connectivity index (χ3v) is 5.10. The van der Waals surface area contributed by atoms with Crippen molar-refractivity contribution in [3.63, 3.8) is 0 Å². The monoisotopic (exact) mass is 275 g/mol. The summed E-state index contributed by atoms with van der Waals surface area (Å²) in [5.41, 5.74) is 0. The fraction of sp³-hybridized carbons (Fsp3) is 0.300. The zero-order chi connectivity index (χ0) is 13.1. The normalized spacial score (nSPS) is 11.6. The van der Waals surface area contributed by atoms with Crippen LogP contribution < -0.4 is 0 Å². The number of carboxylic acid groups (broad SMARTS) is 1. The van der Waals surface area contributed by atoms with E-state index in [1.54, 1.807) is 6.92 Å². The molecular formula is C10H13NO4S2. The predicted molar refractivity (Wildman–Crippen MR) is 65.9 cm³/mol. The van der Waals surface area contributed by atoms with E-state index in [0.717, 1.165) is 11.3 Å². The summed E-state index contributed by atoms with van der Waals surface area (Å²) in [6.07, 6.45) is 1.49. The number of thiophene rings is 1. The van der Waals surface area contributed by atoms with Crippen molar-refractivity contribution in [2.75, 3.05) is 13.1 Å². The van der Waals surface area contributed by atoms with Crippen LogP contribution in [-0.2, 0) is 10.0 Å². The quantitative estimate of drug-likeness (QED) is 0.801. The Morgan fingerprint density at radius 3 is 2.71 bits per heavy atom. The maximum atomic E-state index is 12.1. The third kappa shape index (κ3) is 2.93. The summed E-state index contributed by atoms with van der Waals surface area (Å²) in [6, 6.07) is 1.17. The Kier molecular flexibility index (Phi) is 4.44. The molecule has 0 spiro atoms. The summed E-state index contributed by atoms with van der Waals surface area (Å²) in [4.78, 5) is 10.7. The van der Waals surface area contributed by atoms with Gasteiger partial charge in [-0.05, 0) is 6.07 Å². The van der Waals surface area contributed by atoms with Gasteiger partial charge in [-0.2, -0.15) is 4.31 Å². The number of carbonyl (C=O) groups is 1. The molecule has 0 unspecified atom stereocenters. The minimum atomic E-state index is -3.62. The van der Waals surface area contributed by atoms with Gasteiger partial charge >= 0.3 is 5.97 Å². The van der Waals surface area contributed by atoms with E-state index in [9.17, 15) is 13.2 Å². The van der Waals surface area contributed by atoms with Gasteiger partial charge < -0.3 is 5.11 Å². The summed E-state index contributed by atoms with van der Waals surface area (Å²) >= 11 is 0.899. The lowest BCUT2D eigenvalue weighted by Crippen LogP contribution is -2.30. The van der Waals surface area contributed by atoms with Gasteiger partial charge in [-0.1, -0.05) is 13.0 Å². The number of likely N-dealkylation sites (N-methyl/N-ethyl adjacent to an activating group) is 1. The first-order chi connectivity index (χ1) is 7.93. The van der Waals surface area contributed by atoms with Crippen molar-refractivity contribution in [3.05, 3.63) is 29.0 Å². The minimum absolute atomic E-state index is 0.0123. The molecule has 0 aliphatic heterocycles. The smallest absolute Gasteiger partial charge is 0.345 e. The van der Waals surface area contributed by atoms with Crippen LogP contribution in [0.25, 0.3) is 0 Å². The number of nitrogens with zero attached hydrogens (tertiary/aromatic N) is 1. The van der Waals surface area contributed by atoms with E-state index >= 15 is 0 Å². The van der Waals surface area contributed by atoms with E-state index in [0.29, 0.717) is 6.54 Å². The van der Waals surface area contributed by atoms with E-state index in [4.69, 9.17) is 5.11 Å². The van der Waals surface area contributed by atoms with E-state index in [1.807, 2.05) is 0 Å². The standard InChI is InChI=1S/C10H13NO4S2/c1-3-5-11(4-2)17(14,15)8-6-9(10(12)13)16-7-8/h3,6-7H,1,4-5H2,2H3,(H,12,13). The van der Waals surface area contributed by atoms with Crippen LogP contribution in [0.5, 0.6) is 0 Å². The molecule has 1 N–H and O–H groups in total. The number of hydrogen-bond acceptors (Lipinski definition) is 4. The van der Waals surface area contributed by atoms with Crippen molar-refractivity contribution in [2.45, 2.75) is 11.8 Å². The lowest BCUT2D eigenvalue weighted by molar-refractivity contribution is 0.0702. The average Bonchev–Trinajstić information content (AvgIpc) is 2.75. The van der Waals surface area contributed by atoms with Gasteiger partial charge in [0.15, 0.2) is 0 Å². The Morgan fingerprint density at radius 1 is 1.65 bits per heavy atom. The van der Waals surface area contributed by atoms with Gasteiger partial charge in [0.05, 0.1) is 4.90 Å². The molecule has 1 aromatic rings. The summed E-state index contributed by atoms with van der Waals surface area (Å²) in [5, 5.41) is 10.1. The van der Waals surface area contributed by atoms with Crippen molar-refractivity contribution in [3.8, 4) is 0 Å². The van der Waals surface area contributed by atoms with Crippen LogP contribution in [0.1, 0.15) is 16.6 Å². The molecule has 1 aromatic heterocycles. The van der Waals surface area contributed by atoms with Crippen LogP contribution in [0.15, 0.2) is 29.0 Å². The Morgan fingerprint density at radius 2 is 2.29 bits per heavy atom. The number of sulfonamides is 1. The Labute approximate surface area is 104 Å². The average molecular weight is 275 g/mol. The first kappa shape index (κ1) is 13.9. The maximum absolute atomic E-state index is 12.1. The molecule has 0 saturated heterocycles. The molecule has 17 heavy (non-hydrogen) atoms. The molecule has 0 bridgehead atoms. The molecule has 0 atom stereocenters. The van der Waals surface area contributed by atoms with Crippen LogP contribution >= 0.6 is 11.3 Å². The molecule has 1 heterocycles. The van der Waals surface area contributed by atoms with Gasteiger partial charge in [0.25, 0.3) is 0 Å². The third-order valence-electron chi connectivity index (χ3n) is 2.11. The maximum Gasteiger partial charge on any atom is 0.345 e. The zero-order valence-electron chi connectivity index (χ0n) is 9.29. The topological polar surface area (TPSA) is 74.7 Å². The summed E-state index contributed by atoms with van der Waals surface area (Å²) in [7, 11) is -3.62. The highest BCUT2D eigenvalue weighted by Crippen LogP contribution is 2.22. The largest absolute Gasteiger partial charge is 0.477 e.